The van der Waals surface area contributed by atoms with Gasteiger partial charge in [-0.15, -0.1) is 11.3 Å². The number of carbonyl (C=O) groups is 2. The number of carbonyl (C=O) groups excluding carboxylic acids is 2. The molecule has 0 spiro atoms. The molecule has 1 atom stereocenters. The molecule has 1 fully saturated rings. The zero-order chi connectivity index (χ0) is 20.1. The molecule has 1 aromatic carbocycles. The largest absolute Gasteiger partial charge is 0.375 e. The first-order valence-corrected chi connectivity index (χ1v) is 10.4. The highest BCUT2D eigenvalue weighted by Crippen LogP contribution is 2.36. The van der Waals surface area contributed by atoms with Crippen LogP contribution in [0.4, 0.5) is 0 Å². The second-order valence-corrected chi connectivity index (χ2v) is 8.63. The molecule has 1 saturated heterocycles. The van der Waals surface area contributed by atoms with Gasteiger partial charge >= 0.3 is 0 Å². The fraction of sp³-hybridized carbons (Fsp3) is 0.455. The highest BCUT2D eigenvalue weighted by atomic mass is 32.1. The molecule has 6 heteroatoms. The normalized spacial score (nSPS) is 19.5. The van der Waals surface area contributed by atoms with E-state index in [1.807, 2.05) is 6.07 Å². The summed E-state index contributed by atoms with van der Waals surface area (Å²) in [7, 11) is 5.11. The molecule has 2 heterocycles. The Bertz CT molecular complexity index is 819. The molecule has 0 radical (unpaired) electrons. The molecule has 1 aliphatic heterocycles. The first-order valence-electron chi connectivity index (χ1n) is 9.56. The molecule has 5 nitrogen and oxygen atoms in total. The molecule has 0 bridgehead atoms. The summed E-state index contributed by atoms with van der Waals surface area (Å²) in [6.07, 6.45) is 2.23. The van der Waals surface area contributed by atoms with Gasteiger partial charge in [0.15, 0.2) is 0 Å². The Morgan fingerprint density at radius 3 is 2.75 bits per heavy atom. The third-order valence-corrected chi connectivity index (χ3v) is 6.25. The molecule has 2 aromatic rings. The molecular formula is C22H28N2O3S. The van der Waals surface area contributed by atoms with Crippen molar-refractivity contribution in [1.29, 1.82) is 0 Å². The highest BCUT2D eigenvalue weighted by molar-refractivity contribution is 7.13. The van der Waals surface area contributed by atoms with Gasteiger partial charge in [-0.1, -0.05) is 30.3 Å². The second kappa shape index (κ2) is 8.88. The van der Waals surface area contributed by atoms with E-state index in [9.17, 15) is 9.59 Å². The van der Waals surface area contributed by atoms with Crippen molar-refractivity contribution in [3.05, 3.63) is 47.3 Å². The van der Waals surface area contributed by atoms with E-state index in [4.69, 9.17) is 4.74 Å². The maximum absolute atomic E-state index is 13.2. The number of nitrogens with zero attached hydrogens (tertiary/aromatic N) is 2. The molecule has 0 aliphatic carbocycles. The quantitative estimate of drug-likeness (QED) is 0.748. The van der Waals surface area contributed by atoms with E-state index in [2.05, 4.69) is 35.7 Å². The van der Waals surface area contributed by atoms with Gasteiger partial charge in [-0.2, -0.15) is 0 Å². The Balaban J connectivity index is 1.89. The summed E-state index contributed by atoms with van der Waals surface area (Å²) in [6, 6.07) is 12.6. The Labute approximate surface area is 170 Å². The average Bonchev–Trinajstić information content (AvgIpc) is 3.23. The first-order chi connectivity index (χ1) is 13.4. The minimum absolute atomic E-state index is 0.0505. The monoisotopic (exact) mass is 400 g/mol. The Morgan fingerprint density at radius 1 is 1.25 bits per heavy atom. The molecule has 1 aliphatic rings. The standard InChI is InChI=1S/C22H28N2O3S/c1-23(2)21(26)22(10-6-11-24(16-22)20(25)15-27-3)14-17-7-4-8-18(13-17)19-9-5-12-28-19/h4-5,7-9,12-13H,6,10-11,14-16H2,1-3H3/t22-/m0/s1. The van der Waals surface area contributed by atoms with E-state index in [0.717, 1.165) is 18.4 Å². The summed E-state index contributed by atoms with van der Waals surface area (Å²) < 4.78 is 5.02. The van der Waals surface area contributed by atoms with Crippen molar-refractivity contribution >= 4 is 23.2 Å². The van der Waals surface area contributed by atoms with Crippen LogP contribution in [0.25, 0.3) is 10.4 Å². The third-order valence-electron chi connectivity index (χ3n) is 5.33. The second-order valence-electron chi connectivity index (χ2n) is 7.69. The summed E-state index contributed by atoms with van der Waals surface area (Å²) >= 11 is 1.71. The van der Waals surface area contributed by atoms with Crippen molar-refractivity contribution < 1.29 is 14.3 Å². The molecule has 1 aromatic heterocycles. The zero-order valence-electron chi connectivity index (χ0n) is 16.8. The lowest BCUT2D eigenvalue weighted by Gasteiger charge is -2.43. The van der Waals surface area contributed by atoms with Crippen LogP contribution >= 0.6 is 11.3 Å². The van der Waals surface area contributed by atoms with Crippen molar-refractivity contribution in [2.24, 2.45) is 5.41 Å². The van der Waals surface area contributed by atoms with Crippen LogP contribution in [0.2, 0.25) is 0 Å². The maximum atomic E-state index is 13.2. The third kappa shape index (κ3) is 4.45. The van der Waals surface area contributed by atoms with Crippen LogP contribution in [-0.2, 0) is 20.7 Å². The maximum Gasteiger partial charge on any atom is 0.248 e. The minimum Gasteiger partial charge on any atom is -0.375 e. The number of ether oxygens (including phenoxy) is 1. The highest BCUT2D eigenvalue weighted by Gasteiger charge is 2.44. The molecule has 0 N–H and O–H groups in total. The number of amides is 2. The Hall–Kier alpha value is -2.18. The van der Waals surface area contributed by atoms with Crippen molar-refractivity contribution in [3.63, 3.8) is 0 Å². The number of benzene rings is 1. The van der Waals surface area contributed by atoms with Crippen molar-refractivity contribution in [3.8, 4) is 10.4 Å². The fourth-order valence-corrected chi connectivity index (χ4v) is 4.82. The van der Waals surface area contributed by atoms with Crippen LogP contribution in [0.15, 0.2) is 41.8 Å². The molecule has 0 saturated carbocycles. The van der Waals surface area contributed by atoms with E-state index in [-0.39, 0.29) is 18.4 Å². The number of piperidine rings is 1. The van der Waals surface area contributed by atoms with Gasteiger partial charge in [-0.25, -0.2) is 0 Å². The van der Waals surface area contributed by atoms with Crippen LogP contribution in [0.5, 0.6) is 0 Å². The van der Waals surface area contributed by atoms with Gasteiger partial charge in [0.1, 0.15) is 6.61 Å². The summed E-state index contributed by atoms with van der Waals surface area (Å²) in [4.78, 5) is 30.3. The van der Waals surface area contributed by atoms with Gasteiger partial charge in [-0.05, 0) is 41.8 Å². The van der Waals surface area contributed by atoms with E-state index in [1.165, 1.54) is 17.6 Å². The average molecular weight is 401 g/mol. The summed E-state index contributed by atoms with van der Waals surface area (Å²) in [6.45, 7) is 1.18. The van der Waals surface area contributed by atoms with E-state index < -0.39 is 5.41 Å². The predicted octanol–water partition coefficient (Wildman–Crippen LogP) is 3.30. The molecular weight excluding hydrogens is 372 g/mol. The SMILES string of the molecule is COCC(=O)N1CCC[C@@](Cc2cccc(-c3cccs3)c2)(C(=O)N(C)C)C1. The topological polar surface area (TPSA) is 49.9 Å². The lowest BCUT2D eigenvalue weighted by molar-refractivity contribution is -0.148. The number of rotatable bonds is 6. The Kier molecular flexibility index (Phi) is 6.52. The first kappa shape index (κ1) is 20.6. The van der Waals surface area contributed by atoms with Crippen molar-refractivity contribution in [1.82, 2.24) is 9.80 Å². The predicted molar refractivity (Wildman–Crippen MR) is 112 cm³/mol. The number of likely N-dealkylation sites (tertiary alicyclic amines) is 1. The van der Waals surface area contributed by atoms with Gasteiger partial charge in [0, 0.05) is 39.2 Å². The fourth-order valence-electron chi connectivity index (χ4n) is 4.10. The number of hydrogen-bond acceptors (Lipinski definition) is 4. The minimum atomic E-state index is -0.598. The molecule has 3 rings (SSSR count). The molecule has 0 unspecified atom stereocenters. The molecule has 150 valence electrons. The number of hydrogen-bond donors (Lipinski definition) is 0. The molecule has 2 amide bonds. The smallest absolute Gasteiger partial charge is 0.248 e. The van der Waals surface area contributed by atoms with Gasteiger partial charge in [0.05, 0.1) is 5.41 Å². The van der Waals surface area contributed by atoms with Gasteiger partial charge in [0.2, 0.25) is 11.8 Å². The van der Waals surface area contributed by atoms with Gasteiger partial charge in [0.25, 0.3) is 0 Å². The van der Waals surface area contributed by atoms with Gasteiger partial charge < -0.3 is 14.5 Å². The summed E-state index contributed by atoms with van der Waals surface area (Å²) in [5.41, 5.74) is 1.70. The lowest BCUT2D eigenvalue weighted by Crippen LogP contribution is -2.54. The zero-order valence-corrected chi connectivity index (χ0v) is 17.6. The van der Waals surface area contributed by atoms with Crippen LogP contribution in [-0.4, -0.2) is 62.5 Å². The number of thiophene rings is 1. The van der Waals surface area contributed by atoms with Crippen LogP contribution in [0.1, 0.15) is 18.4 Å². The van der Waals surface area contributed by atoms with Crippen LogP contribution in [0.3, 0.4) is 0 Å². The van der Waals surface area contributed by atoms with Crippen molar-refractivity contribution in [2.45, 2.75) is 19.3 Å². The Morgan fingerprint density at radius 2 is 2.07 bits per heavy atom. The van der Waals surface area contributed by atoms with Crippen LogP contribution in [0, 0.1) is 5.41 Å². The van der Waals surface area contributed by atoms with E-state index in [1.54, 1.807) is 35.2 Å². The lowest BCUT2D eigenvalue weighted by atomic mass is 9.73. The van der Waals surface area contributed by atoms with Gasteiger partial charge in [-0.3, -0.25) is 9.59 Å². The summed E-state index contributed by atoms with van der Waals surface area (Å²) in [5.74, 6) is 0.0365. The molecule has 28 heavy (non-hydrogen) atoms. The summed E-state index contributed by atoms with van der Waals surface area (Å²) in [5, 5.41) is 2.07. The number of methoxy groups -OCH3 is 1. The van der Waals surface area contributed by atoms with E-state index in [0.29, 0.717) is 19.5 Å². The van der Waals surface area contributed by atoms with Crippen LogP contribution < -0.4 is 0 Å². The van der Waals surface area contributed by atoms with Crippen molar-refractivity contribution in [2.75, 3.05) is 40.9 Å². The van der Waals surface area contributed by atoms with E-state index >= 15 is 0 Å².